The summed E-state index contributed by atoms with van der Waals surface area (Å²) in [5.41, 5.74) is 0.396. The number of ether oxygens (including phenoxy) is 4. The highest BCUT2D eigenvalue weighted by Crippen LogP contribution is 2.37. The number of rotatable bonds is 6. The molecule has 0 aromatic carbocycles. The number of halogens is 3. The smallest absolute Gasteiger partial charge is 0.464 e. The summed E-state index contributed by atoms with van der Waals surface area (Å²) in [6, 6.07) is 0. The van der Waals surface area contributed by atoms with Gasteiger partial charge < -0.3 is 18.9 Å². The molecule has 0 saturated carbocycles. The zero-order valence-electron chi connectivity index (χ0n) is 15.8. The summed E-state index contributed by atoms with van der Waals surface area (Å²) in [4.78, 5) is 48.9. The van der Waals surface area contributed by atoms with Crippen molar-refractivity contribution in [1.82, 2.24) is 4.90 Å². The third-order valence-electron chi connectivity index (χ3n) is 3.61. The van der Waals surface area contributed by atoms with E-state index in [1.54, 1.807) is 13.8 Å². The van der Waals surface area contributed by atoms with Crippen LogP contribution in [0.2, 0.25) is 0 Å². The van der Waals surface area contributed by atoms with Crippen molar-refractivity contribution in [2.45, 2.75) is 43.8 Å². The first kappa shape index (κ1) is 24.3. The van der Waals surface area contributed by atoms with Crippen LogP contribution in [0.15, 0.2) is 11.3 Å². The standard InChI is InChI=1S/C16H20Cl3NO8/c1-7(2)11(14(23)25-5)20-12(22)10(13(20)28-9(4)21)8(3)27-15(24)26-6-16(17,18)19/h8,10,13H,6H2,1-5H3/t8?,10-,13?/m1/s1. The van der Waals surface area contributed by atoms with Crippen LogP contribution < -0.4 is 0 Å². The molecule has 158 valence electrons. The Morgan fingerprint density at radius 2 is 1.75 bits per heavy atom. The fourth-order valence-electron chi connectivity index (χ4n) is 2.49. The lowest BCUT2D eigenvalue weighted by Gasteiger charge is -2.47. The Hall–Kier alpha value is -1.71. The fraction of sp³-hybridized carbons (Fsp3) is 0.625. The molecule has 28 heavy (non-hydrogen) atoms. The maximum absolute atomic E-state index is 12.7. The number of methoxy groups -OCH3 is 1. The fourth-order valence-corrected chi connectivity index (χ4v) is 2.66. The van der Waals surface area contributed by atoms with Gasteiger partial charge in [-0.25, -0.2) is 9.59 Å². The minimum atomic E-state index is -1.83. The van der Waals surface area contributed by atoms with Crippen molar-refractivity contribution >= 4 is 58.8 Å². The van der Waals surface area contributed by atoms with Crippen LogP contribution in [0.3, 0.4) is 0 Å². The van der Waals surface area contributed by atoms with Crippen LogP contribution in [-0.2, 0) is 33.3 Å². The molecule has 0 N–H and O–H groups in total. The maximum atomic E-state index is 12.7. The summed E-state index contributed by atoms with van der Waals surface area (Å²) >= 11 is 16.4. The van der Waals surface area contributed by atoms with Crippen LogP contribution in [0.1, 0.15) is 27.7 Å². The van der Waals surface area contributed by atoms with Gasteiger partial charge in [0.05, 0.1) is 7.11 Å². The van der Waals surface area contributed by atoms with Crippen molar-refractivity contribution < 1.29 is 38.1 Å². The van der Waals surface area contributed by atoms with Crippen molar-refractivity contribution in [3.05, 3.63) is 11.3 Å². The molecule has 9 nitrogen and oxygen atoms in total. The minimum absolute atomic E-state index is 0.0685. The highest BCUT2D eigenvalue weighted by Gasteiger charge is 2.56. The van der Waals surface area contributed by atoms with Gasteiger partial charge in [-0.1, -0.05) is 34.8 Å². The van der Waals surface area contributed by atoms with E-state index >= 15 is 0 Å². The lowest BCUT2D eigenvalue weighted by atomic mass is 9.89. The molecule has 1 fully saturated rings. The lowest BCUT2D eigenvalue weighted by molar-refractivity contribution is -0.203. The van der Waals surface area contributed by atoms with Crippen LogP contribution in [0.25, 0.3) is 0 Å². The second-order valence-corrected chi connectivity index (χ2v) is 8.57. The second-order valence-electron chi connectivity index (χ2n) is 6.05. The quantitative estimate of drug-likeness (QED) is 0.196. The van der Waals surface area contributed by atoms with Gasteiger partial charge >= 0.3 is 18.1 Å². The molecule has 1 aliphatic heterocycles. The molecule has 12 heteroatoms. The van der Waals surface area contributed by atoms with Gasteiger partial charge in [0.25, 0.3) is 0 Å². The highest BCUT2D eigenvalue weighted by atomic mass is 35.6. The van der Waals surface area contributed by atoms with Gasteiger partial charge in [-0.3, -0.25) is 14.5 Å². The van der Waals surface area contributed by atoms with Gasteiger partial charge in [-0.2, -0.15) is 0 Å². The monoisotopic (exact) mass is 459 g/mol. The first-order chi connectivity index (χ1) is 12.8. The van der Waals surface area contributed by atoms with E-state index in [9.17, 15) is 19.2 Å². The van der Waals surface area contributed by atoms with E-state index in [0.29, 0.717) is 5.57 Å². The number of carbonyl (C=O) groups excluding carboxylic acids is 4. The van der Waals surface area contributed by atoms with Crippen molar-refractivity contribution in [1.29, 1.82) is 0 Å². The molecule has 0 bridgehead atoms. The summed E-state index contributed by atoms with van der Waals surface area (Å²) in [6.45, 7) is 5.15. The first-order valence-electron chi connectivity index (χ1n) is 7.96. The molecule has 0 aromatic rings. The van der Waals surface area contributed by atoms with Crippen LogP contribution in [0.4, 0.5) is 4.79 Å². The molecule has 0 aliphatic carbocycles. The predicted octanol–water partition coefficient (Wildman–Crippen LogP) is 2.71. The van der Waals surface area contributed by atoms with E-state index < -0.39 is 52.7 Å². The van der Waals surface area contributed by atoms with Crippen LogP contribution in [0, 0.1) is 5.92 Å². The van der Waals surface area contributed by atoms with Crippen LogP contribution in [-0.4, -0.2) is 58.7 Å². The first-order valence-corrected chi connectivity index (χ1v) is 9.09. The van der Waals surface area contributed by atoms with Crippen LogP contribution >= 0.6 is 34.8 Å². The molecule has 3 atom stereocenters. The van der Waals surface area contributed by atoms with Gasteiger partial charge in [0.15, 0.2) is 6.23 Å². The molecule has 1 saturated heterocycles. The Kier molecular flexibility index (Phi) is 8.40. The summed E-state index contributed by atoms with van der Waals surface area (Å²) in [5.74, 6) is -3.14. The Morgan fingerprint density at radius 3 is 2.18 bits per heavy atom. The van der Waals surface area contributed by atoms with E-state index in [1.165, 1.54) is 6.92 Å². The maximum Gasteiger partial charge on any atom is 0.508 e. The number of hydrogen-bond donors (Lipinski definition) is 0. The molecule has 1 aliphatic rings. The number of likely N-dealkylation sites (tertiary alicyclic amines) is 1. The predicted molar refractivity (Wildman–Crippen MR) is 98.5 cm³/mol. The number of β-lactam (4-membered cyclic amide) rings is 1. The van der Waals surface area contributed by atoms with E-state index in [-0.39, 0.29) is 5.70 Å². The molecule has 1 amide bonds. The molecule has 0 spiro atoms. The molecule has 2 unspecified atom stereocenters. The van der Waals surface area contributed by atoms with Gasteiger partial charge in [0, 0.05) is 6.92 Å². The van der Waals surface area contributed by atoms with Crippen molar-refractivity contribution in [3.8, 4) is 0 Å². The average Bonchev–Trinajstić information content (AvgIpc) is 2.55. The molecular weight excluding hydrogens is 441 g/mol. The summed E-state index contributed by atoms with van der Waals surface area (Å²) in [5, 5.41) is 0. The van der Waals surface area contributed by atoms with E-state index in [2.05, 4.69) is 9.47 Å². The number of carbonyl (C=O) groups is 4. The second kappa shape index (κ2) is 9.67. The zero-order chi connectivity index (χ0) is 21.8. The lowest BCUT2D eigenvalue weighted by Crippen LogP contribution is -2.66. The molecular formula is C16H20Cl3NO8. The Morgan fingerprint density at radius 1 is 1.18 bits per heavy atom. The van der Waals surface area contributed by atoms with E-state index in [1.807, 2.05) is 0 Å². The van der Waals surface area contributed by atoms with Gasteiger partial charge in [0.1, 0.15) is 24.3 Å². The minimum Gasteiger partial charge on any atom is -0.464 e. The Labute approximate surface area is 176 Å². The van der Waals surface area contributed by atoms with Crippen molar-refractivity contribution in [2.24, 2.45) is 5.92 Å². The average molecular weight is 461 g/mol. The SMILES string of the molecule is COC(=O)C(=C(C)C)N1C(=O)[C@@H](C(C)OC(=O)OCC(Cl)(Cl)Cl)C1OC(C)=O. The Bertz CT molecular complexity index is 684. The summed E-state index contributed by atoms with van der Waals surface area (Å²) < 4.78 is 17.6. The van der Waals surface area contributed by atoms with Crippen molar-refractivity contribution in [3.63, 3.8) is 0 Å². The summed E-state index contributed by atoms with van der Waals surface area (Å²) in [7, 11) is 1.15. The number of allylic oxidation sites excluding steroid dienone is 1. The molecule has 0 radical (unpaired) electrons. The summed E-state index contributed by atoms with van der Waals surface area (Å²) in [6.07, 6.45) is -3.42. The molecule has 0 aromatic heterocycles. The highest BCUT2D eigenvalue weighted by molar-refractivity contribution is 6.67. The Balaban J connectivity index is 2.99. The number of esters is 2. The van der Waals surface area contributed by atoms with Gasteiger partial charge in [-0.15, -0.1) is 0 Å². The third-order valence-corrected chi connectivity index (χ3v) is 3.93. The van der Waals surface area contributed by atoms with Gasteiger partial charge in [-0.05, 0) is 26.3 Å². The molecule has 1 heterocycles. The van der Waals surface area contributed by atoms with Crippen molar-refractivity contribution in [2.75, 3.05) is 13.7 Å². The van der Waals surface area contributed by atoms with E-state index in [0.717, 1.165) is 18.9 Å². The largest absolute Gasteiger partial charge is 0.508 e. The number of alkyl halides is 3. The molecule has 1 rings (SSSR count). The van der Waals surface area contributed by atoms with Crippen LogP contribution in [0.5, 0.6) is 0 Å². The number of nitrogens with zero attached hydrogens (tertiary/aromatic N) is 1. The topological polar surface area (TPSA) is 108 Å². The van der Waals surface area contributed by atoms with E-state index in [4.69, 9.17) is 44.3 Å². The zero-order valence-corrected chi connectivity index (χ0v) is 18.1. The third kappa shape index (κ3) is 6.15. The van der Waals surface area contributed by atoms with Gasteiger partial charge in [0.2, 0.25) is 9.70 Å². The normalized spacial score (nSPS) is 19.9. The number of hydrogen-bond acceptors (Lipinski definition) is 8. The number of amides is 1.